The van der Waals surface area contributed by atoms with Crippen molar-refractivity contribution in [1.82, 2.24) is 0 Å². The Bertz CT molecular complexity index is 498. The van der Waals surface area contributed by atoms with Crippen molar-refractivity contribution in [2.24, 2.45) is 0 Å². The highest BCUT2D eigenvalue weighted by atomic mass is 32.2. The first-order valence-corrected chi connectivity index (χ1v) is 6.02. The maximum absolute atomic E-state index is 11.0. The number of sulfonamides is 1. The molecule has 1 heterocycles. The molecule has 1 aliphatic heterocycles. The Morgan fingerprint density at radius 3 is 2.53 bits per heavy atom. The van der Waals surface area contributed by atoms with Gasteiger partial charge in [-0.3, -0.25) is 4.72 Å². The number of fused-ring (bicyclic) bond motifs is 1. The molecule has 0 aromatic heterocycles. The van der Waals surface area contributed by atoms with Gasteiger partial charge in [-0.2, -0.15) is 0 Å². The third-order valence-corrected chi connectivity index (χ3v) is 2.43. The van der Waals surface area contributed by atoms with Gasteiger partial charge in [0.25, 0.3) is 0 Å². The van der Waals surface area contributed by atoms with Crippen molar-refractivity contribution in [2.45, 2.75) is 0 Å². The van der Waals surface area contributed by atoms with Crippen LogP contribution in [0.25, 0.3) is 0 Å². The van der Waals surface area contributed by atoms with Gasteiger partial charge >= 0.3 is 0 Å². The average Bonchev–Trinajstić information content (AvgIpc) is 2.49. The summed E-state index contributed by atoms with van der Waals surface area (Å²) >= 11 is 0. The van der Waals surface area contributed by atoms with E-state index in [2.05, 4.69) is 4.72 Å². The molecule has 0 bridgehead atoms. The molecular weight excluding hydrogens is 220 g/mol. The van der Waals surface area contributed by atoms with Gasteiger partial charge in [-0.05, 0) is 0 Å². The molecule has 0 unspecified atom stereocenters. The first-order chi connectivity index (χ1) is 6.96. The van der Waals surface area contributed by atoms with E-state index in [-0.39, 0.29) is 6.79 Å². The average molecular weight is 230 g/mol. The monoisotopic (exact) mass is 230 g/mol. The van der Waals surface area contributed by atoms with Crippen LogP contribution in [0.4, 0.5) is 11.4 Å². The number of nitrogens with one attached hydrogen (secondary N) is 1. The molecule has 0 amide bonds. The van der Waals surface area contributed by atoms with Gasteiger partial charge in [-0.25, -0.2) is 8.42 Å². The molecule has 1 aromatic rings. The predicted octanol–water partition coefficient (Wildman–Crippen LogP) is 0.369. The summed E-state index contributed by atoms with van der Waals surface area (Å²) in [6.45, 7) is 0.122. The van der Waals surface area contributed by atoms with E-state index in [0.29, 0.717) is 22.9 Å². The number of hydrogen-bond donors (Lipinski definition) is 2. The van der Waals surface area contributed by atoms with E-state index in [1.165, 1.54) is 12.1 Å². The lowest BCUT2D eigenvalue weighted by atomic mass is 10.2. The summed E-state index contributed by atoms with van der Waals surface area (Å²) in [5.74, 6) is 1.00. The first kappa shape index (κ1) is 9.91. The van der Waals surface area contributed by atoms with Gasteiger partial charge in [0.15, 0.2) is 11.5 Å². The zero-order valence-electron chi connectivity index (χ0n) is 7.98. The highest BCUT2D eigenvalue weighted by Crippen LogP contribution is 2.38. The van der Waals surface area contributed by atoms with E-state index in [1.807, 2.05) is 0 Å². The zero-order valence-corrected chi connectivity index (χ0v) is 8.80. The van der Waals surface area contributed by atoms with Gasteiger partial charge in [0.1, 0.15) is 0 Å². The van der Waals surface area contributed by atoms with Gasteiger partial charge in [-0.15, -0.1) is 0 Å². The third-order valence-electron chi connectivity index (χ3n) is 1.84. The Morgan fingerprint density at radius 1 is 1.33 bits per heavy atom. The number of benzene rings is 1. The van der Waals surface area contributed by atoms with Gasteiger partial charge in [0.05, 0.1) is 17.6 Å². The van der Waals surface area contributed by atoms with Crippen LogP contribution in [0.15, 0.2) is 12.1 Å². The number of nitrogens with two attached hydrogens (primary N) is 1. The van der Waals surface area contributed by atoms with Crippen molar-refractivity contribution in [3.05, 3.63) is 12.1 Å². The van der Waals surface area contributed by atoms with Crippen molar-refractivity contribution in [3.8, 4) is 11.5 Å². The summed E-state index contributed by atoms with van der Waals surface area (Å²) in [6, 6.07) is 3.02. The van der Waals surface area contributed by atoms with Crippen LogP contribution in [-0.2, 0) is 10.0 Å². The molecule has 0 saturated carbocycles. The molecule has 6 nitrogen and oxygen atoms in total. The Morgan fingerprint density at radius 2 is 1.93 bits per heavy atom. The Labute approximate surface area is 87.0 Å². The van der Waals surface area contributed by atoms with Crippen molar-refractivity contribution in [2.75, 3.05) is 23.5 Å². The highest BCUT2D eigenvalue weighted by molar-refractivity contribution is 7.92. The summed E-state index contributed by atoms with van der Waals surface area (Å²) in [5, 5.41) is 0. The second-order valence-corrected chi connectivity index (χ2v) is 4.92. The molecule has 0 spiro atoms. The molecule has 3 N–H and O–H groups in total. The Balaban J connectivity index is 2.41. The Hall–Kier alpha value is -1.63. The van der Waals surface area contributed by atoms with Crippen LogP contribution >= 0.6 is 0 Å². The molecule has 0 radical (unpaired) electrons. The van der Waals surface area contributed by atoms with Crippen LogP contribution in [0.1, 0.15) is 0 Å². The molecule has 7 heteroatoms. The minimum absolute atomic E-state index is 0.122. The van der Waals surface area contributed by atoms with Gasteiger partial charge < -0.3 is 15.2 Å². The first-order valence-electron chi connectivity index (χ1n) is 4.12. The number of ether oxygens (including phenoxy) is 2. The van der Waals surface area contributed by atoms with Crippen LogP contribution in [0.5, 0.6) is 11.5 Å². The summed E-state index contributed by atoms with van der Waals surface area (Å²) in [4.78, 5) is 0. The molecule has 15 heavy (non-hydrogen) atoms. The number of anilines is 2. The molecule has 0 saturated heterocycles. The maximum atomic E-state index is 11.0. The Kier molecular flexibility index (Phi) is 2.11. The van der Waals surface area contributed by atoms with Crippen LogP contribution in [-0.4, -0.2) is 21.5 Å². The number of hydrogen-bond acceptors (Lipinski definition) is 5. The van der Waals surface area contributed by atoms with Gasteiger partial charge in [0, 0.05) is 12.1 Å². The van der Waals surface area contributed by atoms with Gasteiger partial charge in [-0.1, -0.05) is 0 Å². The normalized spacial score (nSPS) is 13.9. The molecule has 0 fully saturated rings. The van der Waals surface area contributed by atoms with Crippen LogP contribution in [0, 0.1) is 0 Å². The lowest BCUT2D eigenvalue weighted by Crippen LogP contribution is -2.11. The SMILES string of the molecule is CS(=O)(=O)Nc1cc2c(cc1N)OCO2. The maximum Gasteiger partial charge on any atom is 0.231 e. The van der Waals surface area contributed by atoms with Crippen molar-refractivity contribution >= 4 is 21.4 Å². The zero-order chi connectivity index (χ0) is 11.1. The molecule has 0 aliphatic carbocycles. The van der Waals surface area contributed by atoms with Gasteiger partial charge in [0.2, 0.25) is 16.8 Å². The van der Waals surface area contributed by atoms with Crippen molar-refractivity contribution in [3.63, 3.8) is 0 Å². The summed E-state index contributed by atoms with van der Waals surface area (Å²) in [6.07, 6.45) is 1.05. The van der Waals surface area contributed by atoms with Crippen LogP contribution < -0.4 is 19.9 Å². The second-order valence-electron chi connectivity index (χ2n) is 3.17. The van der Waals surface area contributed by atoms with Crippen molar-refractivity contribution in [1.29, 1.82) is 0 Å². The second kappa shape index (κ2) is 3.20. The molecular formula is C8H10N2O4S. The van der Waals surface area contributed by atoms with E-state index in [9.17, 15) is 8.42 Å². The third kappa shape index (κ3) is 2.07. The molecule has 2 rings (SSSR count). The van der Waals surface area contributed by atoms with E-state index < -0.39 is 10.0 Å². The number of nitrogen functional groups attached to an aromatic ring is 1. The summed E-state index contributed by atoms with van der Waals surface area (Å²) in [5.41, 5.74) is 6.23. The molecule has 82 valence electrons. The standard InChI is InChI=1S/C8H10N2O4S/c1-15(11,12)10-6-3-8-7(2-5(6)9)13-4-14-8/h2-3,10H,4,9H2,1H3. The minimum atomic E-state index is -3.34. The molecule has 1 aliphatic rings. The van der Waals surface area contributed by atoms with E-state index in [4.69, 9.17) is 15.2 Å². The lowest BCUT2D eigenvalue weighted by Gasteiger charge is -2.08. The largest absolute Gasteiger partial charge is 0.454 e. The fraction of sp³-hybridized carbons (Fsp3) is 0.250. The number of rotatable bonds is 2. The highest BCUT2D eigenvalue weighted by Gasteiger charge is 2.17. The van der Waals surface area contributed by atoms with Crippen molar-refractivity contribution < 1.29 is 17.9 Å². The minimum Gasteiger partial charge on any atom is -0.454 e. The molecule has 1 aromatic carbocycles. The topological polar surface area (TPSA) is 90.7 Å². The van der Waals surface area contributed by atoms with E-state index in [1.54, 1.807) is 0 Å². The fourth-order valence-corrected chi connectivity index (χ4v) is 1.82. The van der Waals surface area contributed by atoms with E-state index >= 15 is 0 Å². The van der Waals surface area contributed by atoms with Crippen LogP contribution in [0.3, 0.4) is 0 Å². The smallest absolute Gasteiger partial charge is 0.231 e. The van der Waals surface area contributed by atoms with E-state index in [0.717, 1.165) is 6.26 Å². The van der Waals surface area contributed by atoms with Crippen LogP contribution in [0.2, 0.25) is 0 Å². The predicted molar refractivity (Wildman–Crippen MR) is 55.4 cm³/mol. The molecule has 0 atom stereocenters. The summed E-state index contributed by atoms with van der Waals surface area (Å²) in [7, 11) is -3.34. The lowest BCUT2D eigenvalue weighted by molar-refractivity contribution is 0.174. The fourth-order valence-electron chi connectivity index (χ4n) is 1.25. The quantitative estimate of drug-likeness (QED) is 0.716. The summed E-state index contributed by atoms with van der Waals surface area (Å²) < 4.78 is 34.5.